The summed E-state index contributed by atoms with van der Waals surface area (Å²) in [6.07, 6.45) is 3.18. The van der Waals surface area contributed by atoms with E-state index in [9.17, 15) is 0 Å². The fraction of sp³-hybridized carbons (Fsp3) is 0.714. The molecule has 2 N–H and O–H groups in total. The zero-order valence-electron chi connectivity index (χ0n) is 12.8. The number of rotatable bonds is 3. The van der Waals surface area contributed by atoms with Crippen LogP contribution in [0.15, 0.2) is 24.9 Å². The van der Waals surface area contributed by atoms with E-state index in [1.807, 2.05) is 40.7 Å². The van der Waals surface area contributed by atoms with Gasteiger partial charge in [0.2, 0.25) is 0 Å². The molecular formula is C14H34N2. The molecule has 0 aromatic heterocycles. The van der Waals surface area contributed by atoms with Crippen molar-refractivity contribution >= 4 is 0 Å². The highest BCUT2D eigenvalue weighted by atomic mass is 15.4. The van der Waals surface area contributed by atoms with Crippen LogP contribution in [0.25, 0.3) is 0 Å². The van der Waals surface area contributed by atoms with Gasteiger partial charge in [-0.1, -0.05) is 60.6 Å². The molecule has 1 atom stereocenters. The van der Waals surface area contributed by atoms with Crippen molar-refractivity contribution in [1.29, 1.82) is 0 Å². The van der Waals surface area contributed by atoms with Gasteiger partial charge in [0.1, 0.15) is 0 Å². The van der Waals surface area contributed by atoms with Crippen LogP contribution in [0.5, 0.6) is 0 Å². The molecule has 0 saturated heterocycles. The average Bonchev–Trinajstić information content (AvgIpc) is 2.33. The van der Waals surface area contributed by atoms with Crippen LogP contribution < -0.4 is 5.84 Å². The molecule has 100 valence electrons. The van der Waals surface area contributed by atoms with Crippen LogP contribution in [0.3, 0.4) is 0 Å². The highest BCUT2D eigenvalue weighted by Crippen LogP contribution is 1.98. The minimum atomic E-state index is 0.699. The lowest BCUT2D eigenvalue weighted by atomic mass is 10.1. The normalized spacial score (nSPS) is 8.81. The smallest absolute Gasteiger partial charge is 0.0225 e. The molecule has 0 spiro atoms. The lowest BCUT2D eigenvalue weighted by Gasteiger charge is -2.08. The van der Waals surface area contributed by atoms with Crippen molar-refractivity contribution in [2.45, 2.75) is 54.9 Å². The molecule has 0 saturated carbocycles. The Morgan fingerprint density at radius 1 is 1.31 bits per heavy atom. The number of hydrogen-bond acceptors (Lipinski definition) is 2. The Balaban J connectivity index is -0.0000000686. The molecule has 0 aromatic carbocycles. The fourth-order valence-electron chi connectivity index (χ4n) is 0.167. The van der Waals surface area contributed by atoms with Gasteiger partial charge in [-0.25, -0.2) is 5.84 Å². The Labute approximate surface area is 104 Å². The molecule has 0 heterocycles. The minimum absolute atomic E-state index is 0.699. The first-order valence-corrected chi connectivity index (χ1v) is 6.22. The molecule has 0 aliphatic rings. The first-order chi connectivity index (χ1) is 7.45. The molecule has 0 amide bonds. The van der Waals surface area contributed by atoms with Crippen molar-refractivity contribution in [1.82, 2.24) is 5.01 Å². The number of allylic oxidation sites excluding steroid dienone is 2. The van der Waals surface area contributed by atoms with Gasteiger partial charge in [0.05, 0.1) is 0 Å². The quantitative estimate of drug-likeness (QED) is 0.436. The maximum atomic E-state index is 5.17. The van der Waals surface area contributed by atoms with Crippen LogP contribution >= 0.6 is 0 Å². The van der Waals surface area contributed by atoms with Crippen LogP contribution in [0, 0.1) is 5.92 Å². The van der Waals surface area contributed by atoms with Gasteiger partial charge >= 0.3 is 0 Å². The summed E-state index contributed by atoms with van der Waals surface area (Å²) >= 11 is 0. The summed E-state index contributed by atoms with van der Waals surface area (Å²) < 4.78 is 0. The summed E-state index contributed by atoms with van der Waals surface area (Å²) in [4.78, 5) is 0. The summed E-state index contributed by atoms with van der Waals surface area (Å²) in [5, 5.41) is 1.47. The van der Waals surface area contributed by atoms with Crippen LogP contribution in [0.4, 0.5) is 0 Å². The molecule has 0 aromatic rings. The van der Waals surface area contributed by atoms with Crippen LogP contribution in [-0.4, -0.2) is 12.1 Å². The first-order valence-electron chi connectivity index (χ1n) is 6.22. The van der Waals surface area contributed by atoms with Gasteiger partial charge in [-0.05, 0) is 12.8 Å². The zero-order chi connectivity index (χ0) is 14.1. The van der Waals surface area contributed by atoms with Crippen molar-refractivity contribution in [3.63, 3.8) is 0 Å². The topological polar surface area (TPSA) is 29.3 Å². The molecule has 0 rings (SSSR count). The minimum Gasteiger partial charge on any atom is -0.319 e. The number of hydrazine groups is 1. The monoisotopic (exact) mass is 230 g/mol. The predicted octanol–water partition coefficient (Wildman–Crippen LogP) is 4.60. The van der Waals surface area contributed by atoms with E-state index < -0.39 is 0 Å². The summed E-state index contributed by atoms with van der Waals surface area (Å²) in [5.74, 6) is 5.87. The third kappa shape index (κ3) is 37.8. The van der Waals surface area contributed by atoms with Gasteiger partial charge in [0, 0.05) is 12.7 Å². The zero-order valence-corrected chi connectivity index (χ0v) is 12.8. The van der Waals surface area contributed by atoms with Crippen molar-refractivity contribution in [2.75, 3.05) is 7.05 Å². The number of nitrogens with two attached hydrogens (primary N) is 1. The maximum Gasteiger partial charge on any atom is 0.0225 e. The van der Waals surface area contributed by atoms with Crippen molar-refractivity contribution in [2.24, 2.45) is 11.8 Å². The molecular weight excluding hydrogens is 196 g/mol. The van der Waals surface area contributed by atoms with E-state index in [-0.39, 0.29) is 0 Å². The summed E-state index contributed by atoms with van der Waals surface area (Å²) in [7, 11) is 1.75. The molecule has 0 bridgehead atoms. The Hall–Kier alpha value is -0.760. The van der Waals surface area contributed by atoms with E-state index in [0.29, 0.717) is 5.92 Å². The number of hydrogen-bond donors (Lipinski definition) is 1. The highest BCUT2D eigenvalue weighted by Gasteiger charge is 1.84. The maximum absolute atomic E-state index is 5.17. The van der Waals surface area contributed by atoms with E-state index in [2.05, 4.69) is 27.0 Å². The Morgan fingerprint density at radius 3 is 1.56 bits per heavy atom. The summed E-state index contributed by atoms with van der Waals surface area (Å²) in [5.41, 5.74) is 0.870. The van der Waals surface area contributed by atoms with Crippen molar-refractivity contribution in [3.8, 4) is 0 Å². The third-order valence-corrected chi connectivity index (χ3v) is 1.65. The van der Waals surface area contributed by atoms with Crippen LogP contribution in [-0.2, 0) is 0 Å². The predicted molar refractivity (Wildman–Crippen MR) is 79.1 cm³/mol. The van der Waals surface area contributed by atoms with E-state index in [1.165, 1.54) is 11.4 Å². The molecule has 1 unspecified atom stereocenters. The summed E-state index contributed by atoms with van der Waals surface area (Å²) in [6, 6.07) is 0. The lowest BCUT2D eigenvalue weighted by molar-refractivity contribution is 0.444. The molecule has 16 heavy (non-hydrogen) atoms. The SMILES string of the molecule is C=C(C)N(C)N.C=CC(C)CC.CC.CC. The molecule has 2 heteroatoms. The van der Waals surface area contributed by atoms with Gasteiger partial charge < -0.3 is 5.01 Å². The second kappa shape index (κ2) is 23.8. The van der Waals surface area contributed by atoms with Gasteiger partial charge in [-0.15, -0.1) is 6.58 Å². The van der Waals surface area contributed by atoms with Crippen molar-refractivity contribution in [3.05, 3.63) is 24.9 Å². The molecule has 0 aliphatic carbocycles. The molecule has 2 nitrogen and oxygen atoms in total. The standard InChI is InChI=1S/C6H12.C4H10N2.2C2H6/c1-4-6(3)5-2;1-4(2)6(3)5;2*1-2/h4,6H,1,5H2,2-3H3;1,5H2,2-3H3;2*1-2H3. The molecule has 0 radical (unpaired) electrons. The molecule has 0 fully saturated rings. The Morgan fingerprint density at radius 2 is 1.56 bits per heavy atom. The van der Waals surface area contributed by atoms with Crippen molar-refractivity contribution < 1.29 is 0 Å². The average molecular weight is 230 g/mol. The van der Waals surface area contributed by atoms with Gasteiger partial charge in [0.25, 0.3) is 0 Å². The van der Waals surface area contributed by atoms with Crippen LogP contribution in [0.2, 0.25) is 0 Å². The van der Waals surface area contributed by atoms with E-state index >= 15 is 0 Å². The molecule has 0 aliphatic heterocycles. The van der Waals surface area contributed by atoms with Crippen LogP contribution in [0.1, 0.15) is 54.9 Å². The summed E-state index contributed by atoms with van der Waals surface area (Å²) in [6.45, 7) is 21.4. The lowest BCUT2D eigenvalue weighted by Crippen LogP contribution is -2.22. The van der Waals surface area contributed by atoms with Gasteiger partial charge in [-0.2, -0.15) is 0 Å². The fourth-order valence-corrected chi connectivity index (χ4v) is 0.167. The first kappa shape index (κ1) is 24.5. The van der Waals surface area contributed by atoms with E-state index in [0.717, 1.165) is 5.70 Å². The Bertz CT molecular complexity index is 129. The highest BCUT2D eigenvalue weighted by molar-refractivity contribution is 4.81. The van der Waals surface area contributed by atoms with Gasteiger partial charge in [0.15, 0.2) is 0 Å². The van der Waals surface area contributed by atoms with E-state index in [1.54, 1.807) is 7.05 Å². The third-order valence-electron chi connectivity index (χ3n) is 1.65. The second-order valence-electron chi connectivity index (χ2n) is 2.97. The second-order valence-corrected chi connectivity index (χ2v) is 2.97. The number of nitrogens with zero attached hydrogens (tertiary/aromatic N) is 1. The van der Waals surface area contributed by atoms with E-state index in [4.69, 9.17) is 5.84 Å². The largest absolute Gasteiger partial charge is 0.319 e. The Kier molecular flexibility index (Phi) is 36.4. The van der Waals surface area contributed by atoms with Gasteiger partial charge in [-0.3, -0.25) is 0 Å².